The SMILES string of the molecule is CC(C)(C)Nc1cc(Br)c2sc(I)cc2n1.Cc1cccc(-c2cc3nc(N)cc(NCCCO)c3s2)n1.Cc1cccc(-c2cc3nc(NC(C)(C)C)cc(Br)c3s2)n1.Cc1cccc(-c2cc3nc(NC(C)(C)C)cc(NCCCO)c3s2)n1.Cc1cccc(B2OC(C)(C)C(C)(C)O2)n1.NCCCO. The van der Waals surface area contributed by atoms with E-state index in [1.165, 1.54) is 7.58 Å². The minimum Gasteiger partial charge on any atom is -0.398 e. The van der Waals surface area contributed by atoms with Crippen LogP contribution in [0.2, 0.25) is 0 Å². The van der Waals surface area contributed by atoms with Crippen LogP contribution >= 0.6 is 99.8 Å². The third-order valence-corrected chi connectivity index (χ3v) is 23.0. The molecule has 12 aromatic heterocycles. The number of nitrogens with zero attached hydrogens (tertiary/aromatic N) is 8. The topological polar surface area (TPSA) is 294 Å². The molecule has 0 amide bonds. The number of aromatic nitrogens is 8. The van der Waals surface area contributed by atoms with Gasteiger partial charge in [-0.3, -0.25) is 19.9 Å². The molecule has 0 spiro atoms. The van der Waals surface area contributed by atoms with Crippen LogP contribution in [0, 0.1) is 30.6 Å². The highest BCUT2D eigenvalue weighted by Crippen LogP contribution is 2.42. The molecule has 13 rings (SSSR count). The molecule has 1 saturated heterocycles. The number of aryl methyl sites for hydroxylation is 4. The van der Waals surface area contributed by atoms with E-state index < -0.39 is 0 Å². The zero-order chi connectivity index (χ0) is 78.2. The number of fused-ring (bicyclic) bond motifs is 4. The molecule has 20 nitrogen and oxygen atoms in total. The molecule has 0 radical (unpaired) electrons. The second-order valence-electron chi connectivity index (χ2n) is 29.7. The van der Waals surface area contributed by atoms with Gasteiger partial charge in [0, 0.05) is 93.4 Å². The van der Waals surface area contributed by atoms with Crippen molar-refractivity contribution in [1.82, 2.24) is 39.9 Å². The van der Waals surface area contributed by atoms with Gasteiger partial charge in [-0.1, -0.05) is 24.3 Å². The van der Waals surface area contributed by atoms with Crippen LogP contribution in [0.1, 0.15) is 132 Å². The molecule has 13 heterocycles. The van der Waals surface area contributed by atoms with Gasteiger partial charge >= 0.3 is 7.12 Å². The van der Waals surface area contributed by atoms with Crippen LogP contribution in [0.3, 0.4) is 0 Å². The fourth-order valence-electron chi connectivity index (χ4n) is 10.4. The van der Waals surface area contributed by atoms with Crippen LogP contribution in [-0.4, -0.2) is 130 Å². The van der Waals surface area contributed by atoms with Gasteiger partial charge in [-0.25, -0.2) is 19.9 Å². The summed E-state index contributed by atoms with van der Waals surface area (Å²) in [5.41, 5.74) is 23.8. The van der Waals surface area contributed by atoms with Gasteiger partial charge in [0.05, 0.1) is 104 Å². The molecule has 1 aliphatic rings. The van der Waals surface area contributed by atoms with E-state index in [9.17, 15) is 0 Å². The largest absolute Gasteiger partial charge is 0.514 e. The van der Waals surface area contributed by atoms with Gasteiger partial charge in [0.2, 0.25) is 0 Å². The lowest BCUT2D eigenvalue weighted by atomic mass is 9.84. The lowest BCUT2D eigenvalue weighted by Crippen LogP contribution is -2.41. The number of hydrogen-bond acceptors (Lipinski definition) is 24. The van der Waals surface area contributed by atoms with E-state index in [2.05, 4.69) is 198 Å². The summed E-state index contributed by atoms with van der Waals surface area (Å²) in [4.78, 5) is 40.1. The van der Waals surface area contributed by atoms with E-state index in [-0.39, 0.29) is 54.8 Å². The van der Waals surface area contributed by atoms with E-state index in [4.69, 9.17) is 46.1 Å². The average molecular weight is 1770 g/mol. The Morgan fingerprint density at radius 2 is 0.813 bits per heavy atom. The maximum atomic E-state index is 9.07. The van der Waals surface area contributed by atoms with Crippen LogP contribution in [0.15, 0.2) is 130 Å². The van der Waals surface area contributed by atoms with Gasteiger partial charge in [-0.05, 0) is 283 Å². The van der Waals surface area contributed by atoms with Crippen molar-refractivity contribution < 1.29 is 24.6 Å². The number of halogens is 3. The standard InChI is InChI=1S/C20H26N4OS.C17H18BrN3S.C16H18N4OS.C12H18BNO2.C11H12BrIN2S.C3H9NO/c1-13-7-5-8-14(22-13)17-11-16-19(26-17)15(21-9-6-10-25)12-18(23-16)24-20(2,3)4;1-10-6-5-7-12(19-10)14-9-13-16(22-14)11(18)8-15(20-13)21-17(2,3)4;1-10-4-2-5-11(19-10)14-8-13-16(22-14)12(9-15(17)20-13)18-6-3-7-21;1-9-7-6-8-10(14-9)13-15-11(2,3)12(4,5)16-13;1-11(2,3)15-9-4-6(12)10-7(14-9)5-8(13)16-10;4-2-1-3-5/h5,7-8,11-12,25H,6,9-10H2,1-4H3,(H2,21,23,24);5-9H,1-4H3,(H,20,21);2,4-5,8-9,21H,3,6-7H2,1H3,(H3,17,18,20);6-8H,1-5H3;4-5H,1-3H3,(H,14,15);5H,1-4H2. The van der Waals surface area contributed by atoms with Crippen molar-refractivity contribution in [1.29, 1.82) is 0 Å². The minimum atomic E-state index is -0.357. The summed E-state index contributed by atoms with van der Waals surface area (Å²) in [5, 5.41) is 43.0. The number of nitrogens with two attached hydrogens (primary N) is 2. The average Bonchev–Trinajstić information content (AvgIpc) is 1.68. The molecule has 12 aromatic rings. The maximum absolute atomic E-state index is 9.07. The van der Waals surface area contributed by atoms with Crippen molar-refractivity contribution in [2.45, 2.75) is 165 Å². The van der Waals surface area contributed by atoms with Gasteiger partial charge in [-0.2, -0.15) is 0 Å². The first-order chi connectivity index (χ1) is 50.4. The lowest BCUT2D eigenvalue weighted by Gasteiger charge is -2.32. The number of rotatable bonds is 17. The van der Waals surface area contributed by atoms with Crippen molar-refractivity contribution in [2.24, 2.45) is 5.73 Å². The summed E-state index contributed by atoms with van der Waals surface area (Å²) in [7, 11) is -0.357. The summed E-state index contributed by atoms with van der Waals surface area (Å²) in [6, 6.07) is 40.3. The summed E-state index contributed by atoms with van der Waals surface area (Å²) in [6.45, 7) is 37.8. The van der Waals surface area contributed by atoms with Crippen LogP contribution in [-0.2, 0) is 9.31 Å². The van der Waals surface area contributed by atoms with Crippen molar-refractivity contribution >= 4 is 188 Å². The molecule has 1 aliphatic heterocycles. The molecule has 0 saturated carbocycles. The van der Waals surface area contributed by atoms with E-state index in [0.717, 1.165) is 147 Å². The number of hydrogen-bond donors (Lipinski definition) is 10. The first-order valence-electron chi connectivity index (χ1n) is 35.4. The second kappa shape index (κ2) is 38.3. The monoisotopic (exact) mass is 1760 g/mol. The summed E-state index contributed by atoms with van der Waals surface area (Å²) in [6.07, 6.45) is 2.13. The minimum absolute atomic E-state index is 0.0168. The molecule has 570 valence electrons. The number of nitrogens with one attached hydrogen (secondary N) is 5. The molecule has 0 aliphatic carbocycles. The van der Waals surface area contributed by atoms with Gasteiger partial charge in [0.1, 0.15) is 23.3 Å². The number of nitrogen functional groups attached to an aromatic ring is 1. The van der Waals surface area contributed by atoms with Crippen LogP contribution in [0.25, 0.3) is 72.6 Å². The lowest BCUT2D eigenvalue weighted by molar-refractivity contribution is 0.00578. The molecular formula is C79H101BBr2IN15O5S4. The maximum Gasteiger partial charge on any atom is 0.514 e. The predicted octanol–water partition coefficient (Wildman–Crippen LogP) is 19.2. The molecule has 0 bridgehead atoms. The number of pyridine rings is 8. The van der Waals surface area contributed by atoms with Crippen molar-refractivity contribution in [3.05, 3.63) is 156 Å². The third-order valence-electron chi connectivity index (χ3n) is 15.8. The molecule has 0 unspecified atom stereocenters. The first kappa shape index (κ1) is 86.0. The van der Waals surface area contributed by atoms with E-state index in [1.807, 2.05) is 152 Å². The molecule has 107 heavy (non-hydrogen) atoms. The van der Waals surface area contributed by atoms with Gasteiger partial charge in [0.15, 0.2) is 0 Å². The Bertz CT molecular complexity index is 4900. The van der Waals surface area contributed by atoms with E-state index in [1.54, 1.807) is 45.3 Å². The fraction of sp³-hybridized carbons (Fsp3) is 0.392. The third kappa shape index (κ3) is 25.7. The van der Waals surface area contributed by atoms with Crippen molar-refractivity contribution in [3.63, 3.8) is 0 Å². The van der Waals surface area contributed by atoms with Crippen LogP contribution in [0.5, 0.6) is 0 Å². The van der Waals surface area contributed by atoms with Crippen molar-refractivity contribution in [3.8, 4) is 31.7 Å². The highest BCUT2D eigenvalue weighted by atomic mass is 127. The number of aliphatic hydroxyl groups is 3. The zero-order valence-electron chi connectivity index (χ0n) is 64.1. The summed E-state index contributed by atoms with van der Waals surface area (Å²) >= 11 is 16.4. The number of anilines is 6. The summed E-state index contributed by atoms with van der Waals surface area (Å²) < 4.78 is 19.8. The summed E-state index contributed by atoms with van der Waals surface area (Å²) in [5.74, 6) is 3.13. The Hall–Kier alpha value is -6.65. The van der Waals surface area contributed by atoms with Gasteiger partial charge < -0.3 is 62.7 Å². The van der Waals surface area contributed by atoms with Gasteiger partial charge in [-0.15, -0.1) is 45.3 Å². The highest BCUT2D eigenvalue weighted by Gasteiger charge is 2.52. The predicted molar refractivity (Wildman–Crippen MR) is 471 cm³/mol. The van der Waals surface area contributed by atoms with Crippen LogP contribution in [0.4, 0.5) is 34.6 Å². The Balaban J connectivity index is 0.000000168. The molecule has 12 N–H and O–H groups in total. The molecule has 28 heteroatoms. The Labute approximate surface area is 676 Å². The van der Waals surface area contributed by atoms with E-state index >= 15 is 0 Å². The smallest absolute Gasteiger partial charge is 0.398 e. The molecule has 0 aromatic carbocycles. The molecule has 1 fully saturated rings. The number of aliphatic hydroxyl groups excluding tert-OH is 3. The fourth-order valence-corrected chi connectivity index (χ4v) is 16.5. The van der Waals surface area contributed by atoms with Crippen molar-refractivity contribution in [2.75, 3.05) is 71.8 Å². The normalized spacial score (nSPS) is 13.1. The highest BCUT2D eigenvalue weighted by molar-refractivity contribution is 14.1. The quantitative estimate of drug-likeness (QED) is 0.0230. The Morgan fingerprint density at radius 3 is 1.20 bits per heavy atom. The number of thiophene rings is 4. The van der Waals surface area contributed by atoms with Gasteiger partial charge in [0.25, 0.3) is 0 Å². The molecular weight excluding hydrogens is 1660 g/mol. The zero-order valence-corrected chi connectivity index (χ0v) is 72.7. The Morgan fingerprint density at radius 1 is 0.458 bits per heavy atom. The Kier molecular flexibility index (Phi) is 30.8. The van der Waals surface area contributed by atoms with E-state index in [0.29, 0.717) is 31.7 Å². The molecule has 0 atom stereocenters. The second-order valence-corrected chi connectivity index (χ2v) is 37.5. The van der Waals surface area contributed by atoms with Crippen LogP contribution < -0.4 is 43.6 Å². The first-order valence-corrected chi connectivity index (χ1v) is 41.3.